The molecule has 8 nitrogen and oxygen atoms in total. The van der Waals surface area contributed by atoms with Crippen molar-refractivity contribution in [2.45, 2.75) is 6.92 Å². The van der Waals surface area contributed by atoms with Crippen LogP contribution in [0.2, 0.25) is 0 Å². The average Bonchev–Trinajstić information content (AvgIpc) is 2.76. The smallest absolute Gasteiger partial charge is 0.263 e. The van der Waals surface area contributed by atoms with Crippen LogP contribution in [0.4, 0.5) is 22.7 Å². The summed E-state index contributed by atoms with van der Waals surface area (Å²) in [4.78, 5) is 36.7. The van der Waals surface area contributed by atoms with E-state index >= 15 is 0 Å². The molecule has 0 saturated carbocycles. The number of nitrogens with one attached hydrogen (secondary N) is 3. The van der Waals surface area contributed by atoms with Crippen molar-refractivity contribution in [3.63, 3.8) is 0 Å². The molecule has 31 heavy (non-hydrogen) atoms. The van der Waals surface area contributed by atoms with Crippen molar-refractivity contribution in [1.29, 1.82) is 0 Å². The fourth-order valence-corrected chi connectivity index (χ4v) is 3.56. The van der Waals surface area contributed by atoms with Gasteiger partial charge in [-0.05, 0) is 55.9 Å². The predicted octanol–water partition coefficient (Wildman–Crippen LogP) is 2.83. The van der Waals surface area contributed by atoms with Crippen LogP contribution in [0.1, 0.15) is 15.9 Å². The molecule has 3 N–H and O–H groups in total. The summed E-state index contributed by atoms with van der Waals surface area (Å²) in [5.41, 5.74) is 3.44. The Morgan fingerprint density at radius 2 is 1.77 bits per heavy atom. The van der Waals surface area contributed by atoms with Crippen LogP contribution in [-0.4, -0.2) is 54.0 Å². The lowest BCUT2D eigenvalue weighted by atomic mass is 10.1. The monoisotopic (exact) mass is 418 g/mol. The molecular weight excluding hydrogens is 392 g/mol. The Balaban J connectivity index is 1.51. The van der Waals surface area contributed by atoms with Crippen LogP contribution in [0.25, 0.3) is 0 Å². The largest absolute Gasteiger partial charge is 0.369 e. The first-order valence-electron chi connectivity index (χ1n) is 10.3. The summed E-state index contributed by atoms with van der Waals surface area (Å²) < 4.78 is 0. The maximum Gasteiger partial charge on any atom is 0.263 e. The number of likely N-dealkylation sites (N-methyl/N-ethyl adjacent to an activating group) is 1. The number of benzene rings is 1. The zero-order valence-electron chi connectivity index (χ0n) is 17.7. The number of H-pyrrole nitrogens is 1. The van der Waals surface area contributed by atoms with Gasteiger partial charge in [-0.25, -0.2) is 0 Å². The third-order valence-electron chi connectivity index (χ3n) is 5.49. The number of rotatable bonds is 5. The summed E-state index contributed by atoms with van der Waals surface area (Å²) in [6.07, 6.45) is 4.87. The summed E-state index contributed by atoms with van der Waals surface area (Å²) in [6, 6.07) is 11.2. The minimum absolute atomic E-state index is 0.0221. The molecule has 0 spiro atoms. The SMILES string of the molecule is Cc1ccncc1Nc1cc[nH]c(=O)c1C(=O)Nc1ccc(N2CCN(C)CC2)cc1. The number of hydrogen-bond acceptors (Lipinski definition) is 6. The van der Waals surface area contributed by atoms with Crippen LogP contribution in [-0.2, 0) is 0 Å². The Morgan fingerprint density at radius 1 is 1.03 bits per heavy atom. The molecule has 0 radical (unpaired) electrons. The van der Waals surface area contributed by atoms with Gasteiger partial charge in [0.15, 0.2) is 0 Å². The standard InChI is InChI=1S/C23H26N6O2/c1-16-7-9-24-15-20(16)27-19-8-10-25-22(30)21(19)23(31)26-17-3-5-18(6-4-17)29-13-11-28(2)12-14-29/h3-10,15H,11-14H2,1-2H3,(H,26,31)(H2,25,27,30). The van der Waals surface area contributed by atoms with Gasteiger partial charge in [0, 0.05) is 49.9 Å². The zero-order chi connectivity index (χ0) is 21.8. The molecule has 1 aliphatic heterocycles. The van der Waals surface area contributed by atoms with Crippen LogP contribution < -0.4 is 21.1 Å². The Kier molecular flexibility index (Phi) is 5.99. The number of piperazine rings is 1. The van der Waals surface area contributed by atoms with E-state index in [9.17, 15) is 9.59 Å². The first-order valence-corrected chi connectivity index (χ1v) is 10.3. The van der Waals surface area contributed by atoms with Crippen LogP contribution in [0.3, 0.4) is 0 Å². The van der Waals surface area contributed by atoms with E-state index in [1.54, 1.807) is 18.5 Å². The van der Waals surface area contributed by atoms with Crippen molar-refractivity contribution in [1.82, 2.24) is 14.9 Å². The molecule has 160 valence electrons. The number of carbonyl (C=O) groups is 1. The third kappa shape index (κ3) is 4.75. The number of aromatic nitrogens is 2. The van der Waals surface area contributed by atoms with Crippen LogP contribution in [0.15, 0.2) is 59.8 Å². The van der Waals surface area contributed by atoms with Gasteiger partial charge < -0.3 is 25.4 Å². The van der Waals surface area contributed by atoms with Crippen molar-refractivity contribution >= 4 is 28.7 Å². The van der Waals surface area contributed by atoms with Gasteiger partial charge in [0.1, 0.15) is 5.56 Å². The van der Waals surface area contributed by atoms with E-state index in [1.165, 1.54) is 6.20 Å². The van der Waals surface area contributed by atoms with Crippen LogP contribution >= 0.6 is 0 Å². The van der Waals surface area contributed by atoms with Crippen molar-refractivity contribution in [3.8, 4) is 0 Å². The van der Waals surface area contributed by atoms with Gasteiger partial charge in [0.25, 0.3) is 11.5 Å². The highest BCUT2D eigenvalue weighted by atomic mass is 16.2. The fourth-order valence-electron chi connectivity index (χ4n) is 3.56. The van der Waals surface area contributed by atoms with Gasteiger partial charge in [0.2, 0.25) is 0 Å². The molecule has 4 rings (SSSR count). The van der Waals surface area contributed by atoms with E-state index in [1.807, 2.05) is 37.3 Å². The van der Waals surface area contributed by atoms with Crippen LogP contribution in [0, 0.1) is 6.92 Å². The molecule has 3 aromatic rings. The molecule has 0 atom stereocenters. The zero-order valence-corrected chi connectivity index (χ0v) is 17.7. The topological polar surface area (TPSA) is 93.4 Å². The number of pyridine rings is 2. The highest BCUT2D eigenvalue weighted by molar-refractivity contribution is 6.08. The number of carbonyl (C=O) groups excluding carboxylic acids is 1. The molecule has 8 heteroatoms. The van der Waals surface area contributed by atoms with Crippen molar-refractivity contribution in [3.05, 3.63) is 76.5 Å². The summed E-state index contributed by atoms with van der Waals surface area (Å²) >= 11 is 0. The average molecular weight is 419 g/mol. The number of aryl methyl sites for hydroxylation is 1. The number of nitrogens with zero attached hydrogens (tertiary/aromatic N) is 3. The molecule has 2 aromatic heterocycles. The molecule has 1 aliphatic rings. The highest BCUT2D eigenvalue weighted by Crippen LogP contribution is 2.23. The molecule has 1 fully saturated rings. The minimum Gasteiger partial charge on any atom is -0.369 e. The summed E-state index contributed by atoms with van der Waals surface area (Å²) in [5, 5.41) is 5.99. The van der Waals surface area contributed by atoms with E-state index < -0.39 is 11.5 Å². The normalized spacial score (nSPS) is 14.3. The number of aromatic amines is 1. The summed E-state index contributed by atoms with van der Waals surface area (Å²) in [6.45, 7) is 5.94. The molecule has 1 aromatic carbocycles. The molecule has 0 aliphatic carbocycles. The Hall–Kier alpha value is -3.65. The lowest BCUT2D eigenvalue weighted by Gasteiger charge is -2.34. The molecule has 1 saturated heterocycles. The maximum atomic E-state index is 13.0. The Bertz CT molecular complexity index is 1120. The second-order valence-electron chi connectivity index (χ2n) is 7.70. The second kappa shape index (κ2) is 9.01. The predicted molar refractivity (Wildman–Crippen MR) is 123 cm³/mol. The van der Waals surface area contributed by atoms with Gasteiger partial charge in [-0.1, -0.05) is 0 Å². The van der Waals surface area contributed by atoms with Crippen LogP contribution in [0.5, 0.6) is 0 Å². The van der Waals surface area contributed by atoms with Crippen molar-refractivity contribution in [2.75, 3.05) is 48.8 Å². The number of anilines is 4. The minimum atomic E-state index is -0.474. The van der Waals surface area contributed by atoms with E-state index in [2.05, 4.69) is 37.4 Å². The fraction of sp³-hybridized carbons (Fsp3) is 0.261. The van der Waals surface area contributed by atoms with E-state index in [4.69, 9.17) is 0 Å². The summed E-state index contributed by atoms with van der Waals surface area (Å²) in [5.74, 6) is -0.474. The van der Waals surface area contributed by atoms with Gasteiger partial charge in [0.05, 0.1) is 17.6 Å². The van der Waals surface area contributed by atoms with Gasteiger partial charge in [-0.3, -0.25) is 14.6 Å². The van der Waals surface area contributed by atoms with E-state index in [-0.39, 0.29) is 5.56 Å². The van der Waals surface area contributed by atoms with Gasteiger partial charge in [-0.15, -0.1) is 0 Å². The van der Waals surface area contributed by atoms with E-state index in [0.717, 1.165) is 43.1 Å². The maximum absolute atomic E-state index is 13.0. The Labute approximate surface area is 180 Å². The first kappa shape index (κ1) is 20.6. The van der Waals surface area contributed by atoms with Crippen molar-refractivity contribution < 1.29 is 4.79 Å². The third-order valence-corrected chi connectivity index (χ3v) is 5.49. The second-order valence-corrected chi connectivity index (χ2v) is 7.70. The molecule has 3 heterocycles. The molecule has 0 bridgehead atoms. The van der Waals surface area contributed by atoms with Gasteiger partial charge >= 0.3 is 0 Å². The number of amides is 1. The lowest BCUT2D eigenvalue weighted by molar-refractivity contribution is 0.102. The highest BCUT2D eigenvalue weighted by Gasteiger charge is 2.18. The molecule has 1 amide bonds. The lowest BCUT2D eigenvalue weighted by Crippen LogP contribution is -2.44. The molecular formula is C23H26N6O2. The first-order chi connectivity index (χ1) is 15.0. The Morgan fingerprint density at radius 3 is 2.48 bits per heavy atom. The number of hydrogen-bond donors (Lipinski definition) is 3. The van der Waals surface area contributed by atoms with E-state index in [0.29, 0.717) is 11.4 Å². The summed E-state index contributed by atoms with van der Waals surface area (Å²) in [7, 11) is 2.12. The van der Waals surface area contributed by atoms with Gasteiger partial charge in [-0.2, -0.15) is 0 Å². The van der Waals surface area contributed by atoms with Crippen molar-refractivity contribution in [2.24, 2.45) is 0 Å². The molecule has 0 unspecified atom stereocenters. The quantitative estimate of drug-likeness (QED) is 0.590.